The second-order valence-electron chi connectivity index (χ2n) is 3.76. The van der Waals surface area contributed by atoms with Crippen molar-refractivity contribution in [1.82, 2.24) is 5.32 Å². The van der Waals surface area contributed by atoms with E-state index in [4.69, 9.17) is 0 Å². The van der Waals surface area contributed by atoms with Gasteiger partial charge in [-0.1, -0.05) is 6.07 Å². The zero-order valence-corrected chi connectivity index (χ0v) is 10.4. The quantitative estimate of drug-likeness (QED) is 0.826. The molecule has 0 saturated heterocycles. The molecular formula is C12H17F2NS. The van der Waals surface area contributed by atoms with E-state index in [0.717, 1.165) is 12.2 Å². The second-order valence-corrected chi connectivity index (χ2v) is 4.75. The van der Waals surface area contributed by atoms with E-state index in [2.05, 4.69) is 5.32 Å². The van der Waals surface area contributed by atoms with Gasteiger partial charge in [0.25, 0.3) is 0 Å². The summed E-state index contributed by atoms with van der Waals surface area (Å²) < 4.78 is 26.5. The minimum Gasteiger partial charge on any atom is -0.310 e. The first-order chi connectivity index (χ1) is 7.65. The Labute approximate surface area is 99.6 Å². The number of hydrogen-bond donors (Lipinski definition) is 1. The predicted octanol–water partition coefficient (Wildman–Crippen LogP) is 3.20. The number of nitrogens with one attached hydrogen (secondary N) is 1. The summed E-state index contributed by atoms with van der Waals surface area (Å²) in [5, 5.41) is 3.12. The molecule has 0 aliphatic rings. The number of thioether (sulfide) groups is 1. The maximum Gasteiger partial charge on any atom is 0.130 e. The Hall–Kier alpha value is -0.610. The van der Waals surface area contributed by atoms with E-state index in [1.807, 2.05) is 13.2 Å². The largest absolute Gasteiger partial charge is 0.310 e. The van der Waals surface area contributed by atoms with Gasteiger partial charge in [-0.3, -0.25) is 0 Å². The van der Waals surface area contributed by atoms with Crippen LogP contribution in [0.4, 0.5) is 8.78 Å². The van der Waals surface area contributed by atoms with Crippen LogP contribution in [-0.2, 0) is 6.54 Å². The van der Waals surface area contributed by atoms with Crippen molar-refractivity contribution >= 4 is 11.8 Å². The molecule has 0 saturated carbocycles. The van der Waals surface area contributed by atoms with Crippen LogP contribution in [0.5, 0.6) is 0 Å². The average molecular weight is 245 g/mol. The molecule has 1 unspecified atom stereocenters. The molecule has 1 nitrogen and oxygen atoms in total. The molecule has 0 amide bonds. The first kappa shape index (κ1) is 13.5. The first-order valence-corrected chi connectivity index (χ1v) is 6.69. The fraction of sp³-hybridized carbons (Fsp3) is 0.500. The van der Waals surface area contributed by atoms with Crippen molar-refractivity contribution in [2.45, 2.75) is 25.9 Å². The van der Waals surface area contributed by atoms with Crippen molar-refractivity contribution in [1.29, 1.82) is 0 Å². The highest BCUT2D eigenvalue weighted by Crippen LogP contribution is 2.12. The number of halogens is 2. The van der Waals surface area contributed by atoms with Gasteiger partial charge in [0.2, 0.25) is 0 Å². The minimum absolute atomic E-state index is 0.124. The van der Waals surface area contributed by atoms with Crippen molar-refractivity contribution in [3.8, 4) is 0 Å². The lowest BCUT2D eigenvalue weighted by atomic mass is 10.1. The highest BCUT2D eigenvalue weighted by atomic mass is 32.2. The van der Waals surface area contributed by atoms with Crippen LogP contribution < -0.4 is 5.32 Å². The van der Waals surface area contributed by atoms with Gasteiger partial charge in [-0.05, 0) is 37.5 Å². The molecule has 0 radical (unpaired) electrons. The number of benzene rings is 1. The average Bonchev–Trinajstić information content (AvgIpc) is 2.25. The standard InChI is InChI=1S/C12H17F2NS/c1-9(6-7-16-2)15-8-10-11(13)4-3-5-12(10)14/h3-5,9,15H,6-8H2,1-2H3. The Morgan fingerprint density at radius 1 is 1.31 bits per heavy atom. The van der Waals surface area contributed by atoms with Crippen LogP contribution in [0.15, 0.2) is 18.2 Å². The van der Waals surface area contributed by atoms with Gasteiger partial charge in [-0.2, -0.15) is 11.8 Å². The number of rotatable bonds is 6. The third-order valence-corrected chi connectivity index (χ3v) is 3.09. The highest BCUT2D eigenvalue weighted by Gasteiger charge is 2.09. The minimum atomic E-state index is -0.482. The molecule has 1 aromatic rings. The fourth-order valence-electron chi connectivity index (χ4n) is 1.37. The van der Waals surface area contributed by atoms with Crippen molar-refractivity contribution in [3.63, 3.8) is 0 Å². The van der Waals surface area contributed by atoms with Gasteiger partial charge < -0.3 is 5.32 Å². The summed E-state index contributed by atoms with van der Waals surface area (Å²) in [6, 6.07) is 4.22. The van der Waals surface area contributed by atoms with Crippen molar-refractivity contribution in [2.75, 3.05) is 12.0 Å². The van der Waals surface area contributed by atoms with E-state index in [1.165, 1.54) is 18.2 Å². The third kappa shape index (κ3) is 4.10. The molecule has 1 N–H and O–H groups in total. The Morgan fingerprint density at radius 2 is 1.94 bits per heavy atom. The van der Waals surface area contributed by atoms with E-state index in [-0.39, 0.29) is 18.2 Å². The monoisotopic (exact) mass is 245 g/mol. The summed E-state index contributed by atoms with van der Waals surface area (Å²) in [4.78, 5) is 0. The number of hydrogen-bond acceptors (Lipinski definition) is 2. The highest BCUT2D eigenvalue weighted by molar-refractivity contribution is 7.98. The van der Waals surface area contributed by atoms with Crippen LogP contribution >= 0.6 is 11.8 Å². The summed E-state index contributed by atoms with van der Waals surface area (Å²) in [6.07, 6.45) is 3.04. The molecular weight excluding hydrogens is 228 g/mol. The van der Waals surface area contributed by atoms with Crippen molar-refractivity contribution in [3.05, 3.63) is 35.4 Å². The molecule has 0 heterocycles. The van der Waals surface area contributed by atoms with E-state index in [1.54, 1.807) is 11.8 Å². The first-order valence-electron chi connectivity index (χ1n) is 5.30. The zero-order chi connectivity index (χ0) is 12.0. The Morgan fingerprint density at radius 3 is 2.50 bits per heavy atom. The van der Waals surface area contributed by atoms with Gasteiger partial charge in [0.15, 0.2) is 0 Å². The summed E-state index contributed by atoms with van der Waals surface area (Å²) in [7, 11) is 0. The normalized spacial score (nSPS) is 12.8. The zero-order valence-electron chi connectivity index (χ0n) is 9.59. The van der Waals surface area contributed by atoms with Crippen molar-refractivity contribution < 1.29 is 8.78 Å². The van der Waals surface area contributed by atoms with E-state index in [9.17, 15) is 8.78 Å². The molecule has 1 aromatic carbocycles. The molecule has 1 atom stereocenters. The van der Waals surface area contributed by atoms with Gasteiger partial charge in [-0.15, -0.1) is 0 Å². The van der Waals surface area contributed by atoms with E-state index in [0.29, 0.717) is 0 Å². The molecule has 90 valence electrons. The lowest BCUT2D eigenvalue weighted by Gasteiger charge is -2.13. The molecule has 0 fully saturated rings. The molecule has 16 heavy (non-hydrogen) atoms. The van der Waals surface area contributed by atoms with Gasteiger partial charge >= 0.3 is 0 Å². The van der Waals surface area contributed by atoms with Crippen molar-refractivity contribution in [2.24, 2.45) is 0 Å². The maximum absolute atomic E-state index is 13.3. The molecule has 0 aliphatic carbocycles. The van der Waals surface area contributed by atoms with E-state index < -0.39 is 11.6 Å². The summed E-state index contributed by atoms with van der Waals surface area (Å²) >= 11 is 1.77. The van der Waals surface area contributed by atoms with Gasteiger partial charge in [0, 0.05) is 18.2 Å². The molecule has 0 spiro atoms. The van der Waals surface area contributed by atoms with Gasteiger partial charge in [-0.25, -0.2) is 8.78 Å². The Kier molecular flexibility index (Phi) is 5.77. The lowest BCUT2D eigenvalue weighted by molar-refractivity contribution is 0.494. The lowest BCUT2D eigenvalue weighted by Crippen LogP contribution is -2.26. The summed E-state index contributed by atoms with van der Waals surface area (Å²) in [5.41, 5.74) is 0.124. The topological polar surface area (TPSA) is 12.0 Å². The molecule has 1 rings (SSSR count). The van der Waals surface area contributed by atoms with Gasteiger partial charge in [0.05, 0.1) is 0 Å². The second kappa shape index (κ2) is 6.86. The van der Waals surface area contributed by atoms with Crippen LogP contribution in [0, 0.1) is 11.6 Å². The molecule has 0 aromatic heterocycles. The maximum atomic E-state index is 13.3. The van der Waals surface area contributed by atoms with E-state index >= 15 is 0 Å². The third-order valence-electron chi connectivity index (χ3n) is 2.44. The molecule has 0 aliphatic heterocycles. The SMILES string of the molecule is CSCCC(C)NCc1c(F)cccc1F. The van der Waals surface area contributed by atoms with Crippen LogP contribution in [-0.4, -0.2) is 18.1 Å². The predicted molar refractivity (Wildman–Crippen MR) is 65.7 cm³/mol. The molecule has 0 bridgehead atoms. The van der Waals surface area contributed by atoms with Crippen LogP contribution in [0.3, 0.4) is 0 Å². The van der Waals surface area contributed by atoms with Crippen LogP contribution in [0.2, 0.25) is 0 Å². The Bertz CT molecular complexity index is 311. The van der Waals surface area contributed by atoms with Crippen LogP contribution in [0.25, 0.3) is 0 Å². The summed E-state index contributed by atoms with van der Waals surface area (Å²) in [5.74, 6) is 0.0858. The Balaban J connectivity index is 2.48. The summed E-state index contributed by atoms with van der Waals surface area (Å²) in [6.45, 7) is 2.27. The smallest absolute Gasteiger partial charge is 0.130 e. The fourth-order valence-corrected chi connectivity index (χ4v) is 1.96. The van der Waals surface area contributed by atoms with Gasteiger partial charge in [0.1, 0.15) is 11.6 Å². The molecule has 4 heteroatoms. The van der Waals surface area contributed by atoms with Crippen LogP contribution in [0.1, 0.15) is 18.9 Å².